The van der Waals surface area contributed by atoms with E-state index in [9.17, 15) is 4.79 Å². The first-order chi connectivity index (χ1) is 17.4. The maximum Gasteiger partial charge on any atom is 0.256 e. The maximum absolute atomic E-state index is 13.0. The third-order valence-corrected chi connectivity index (χ3v) is 6.47. The smallest absolute Gasteiger partial charge is 0.256 e. The number of likely N-dealkylation sites (N-methyl/N-ethyl adjacent to an activating group) is 1. The first kappa shape index (κ1) is 23.7. The quantitative estimate of drug-likeness (QED) is 0.356. The number of carbonyl (C=O) groups excluding carboxylic acids is 1. The highest BCUT2D eigenvalue weighted by Gasteiger charge is 2.25. The van der Waals surface area contributed by atoms with Gasteiger partial charge in [0.2, 0.25) is 11.9 Å². The third-order valence-electron chi connectivity index (χ3n) is 6.47. The Balaban J connectivity index is 1.37. The number of methoxy groups -OCH3 is 1. The molecule has 0 spiro atoms. The van der Waals surface area contributed by atoms with Crippen LogP contribution in [0.2, 0.25) is 0 Å². The van der Waals surface area contributed by atoms with Gasteiger partial charge in [0.1, 0.15) is 5.69 Å². The molecule has 1 aliphatic heterocycles. The zero-order chi connectivity index (χ0) is 25.2. The lowest BCUT2D eigenvalue weighted by atomic mass is 10.1. The number of fused-ring (bicyclic) bond motifs is 1. The molecule has 36 heavy (non-hydrogen) atoms. The van der Waals surface area contributed by atoms with Crippen molar-refractivity contribution in [3.8, 4) is 17.1 Å². The summed E-state index contributed by atoms with van der Waals surface area (Å²) in [5.74, 6) is 1.29. The molecule has 12 nitrogen and oxygen atoms in total. The fourth-order valence-corrected chi connectivity index (χ4v) is 4.35. The number of aromatic amines is 1. The molecule has 1 amide bonds. The normalized spacial score (nSPS) is 15.7. The lowest BCUT2D eigenvalue weighted by molar-refractivity contribution is -0.121. The summed E-state index contributed by atoms with van der Waals surface area (Å²) in [6, 6.07) is 3.49. The van der Waals surface area contributed by atoms with Crippen molar-refractivity contribution in [3.05, 3.63) is 36.9 Å². The molecule has 5 rings (SSSR count). The van der Waals surface area contributed by atoms with Gasteiger partial charge in [-0.05, 0) is 26.1 Å². The van der Waals surface area contributed by atoms with Crippen LogP contribution in [-0.2, 0) is 11.8 Å². The third kappa shape index (κ3) is 4.72. The summed E-state index contributed by atoms with van der Waals surface area (Å²) in [5, 5.41) is 11.3. The van der Waals surface area contributed by atoms with Crippen LogP contribution in [0.25, 0.3) is 22.2 Å². The number of hydrogen-bond donors (Lipinski definition) is 3. The Labute approximate surface area is 208 Å². The summed E-state index contributed by atoms with van der Waals surface area (Å²) in [5.41, 5.74) is 3.00. The Kier molecular flexibility index (Phi) is 6.53. The topological polar surface area (TPSA) is 129 Å². The average molecular weight is 491 g/mol. The van der Waals surface area contributed by atoms with Crippen LogP contribution in [-0.4, -0.2) is 91.8 Å². The predicted molar refractivity (Wildman–Crippen MR) is 137 cm³/mol. The molecule has 12 heteroatoms. The number of pyridine rings is 1. The van der Waals surface area contributed by atoms with Gasteiger partial charge >= 0.3 is 0 Å². The van der Waals surface area contributed by atoms with E-state index in [4.69, 9.17) is 4.74 Å². The predicted octanol–water partition coefficient (Wildman–Crippen LogP) is 2.08. The van der Waals surface area contributed by atoms with Gasteiger partial charge in [0.25, 0.3) is 5.88 Å². The molecule has 3 N–H and O–H groups in total. The Hall–Kier alpha value is -4.03. The standard InChI is InChI=1S/C24H30N10O2/c1-15(34-11-9-32(2)10-12-34)22(35)30-21-20-16(5-7-25-21)17(13-27-20)18-6-8-26-24(28-18)29-19-14-33(3)31-23(19)36-4/h5-8,13-15,27H,9-12H2,1-4H3,(H,25,30,35)(H,26,28,29)/t15-/m1/s1. The van der Waals surface area contributed by atoms with Crippen LogP contribution in [0.5, 0.6) is 5.88 Å². The molecule has 1 fully saturated rings. The number of H-pyrrole nitrogens is 1. The van der Waals surface area contributed by atoms with Crippen molar-refractivity contribution < 1.29 is 9.53 Å². The summed E-state index contributed by atoms with van der Waals surface area (Å²) in [4.78, 5) is 34.2. The van der Waals surface area contributed by atoms with Crippen molar-refractivity contribution in [3.63, 3.8) is 0 Å². The van der Waals surface area contributed by atoms with Crippen LogP contribution < -0.4 is 15.4 Å². The lowest BCUT2D eigenvalue weighted by Gasteiger charge is -2.35. The van der Waals surface area contributed by atoms with Crippen molar-refractivity contribution in [2.45, 2.75) is 13.0 Å². The second-order valence-corrected chi connectivity index (χ2v) is 8.91. The van der Waals surface area contributed by atoms with Crippen LogP contribution >= 0.6 is 0 Å². The molecular weight excluding hydrogens is 460 g/mol. The first-order valence-corrected chi connectivity index (χ1v) is 11.8. The minimum atomic E-state index is -0.245. The number of carbonyl (C=O) groups is 1. The SMILES string of the molecule is COc1nn(C)cc1Nc1nccc(-c2c[nH]c3c(NC(=O)[C@@H](C)N4CCN(C)CC4)nccc23)n1. The van der Waals surface area contributed by atoms with E-state index in [-0.39, 0.29) is 11.9 Å². The van der Waals surface area contributed by atoms with E-state index >= 15 is 0 Å². The largest absolute Gasteiger partial charge is 0.478 e. The Morgan fingerprint density at radius 1 is 1.14 bits per heavy atom. The van der Waals surface area contributed by atoms with Crippen LogP contribution in [0.1, 0.15) is 6.92 Å². The molecule has 0 bridgehead atoms. The minimum Gasteiger partial charge on any atom is -0.478 e. The van der Waals surface area contributed by atoms with E-state index in [1.807, 2.05) is 32.3 Å². The molecule has 4 aromatic rings. The number of hydrogen-bond acceptors (Lipinski definition) is 9. The number of piperazine rings is 1. The van der Waals surface area contributed by atoms with Crippen LogP contribution in [0.4, 0.5) is 17.5 Å². The van der Waals surface area contributed by atoms with E-state index in [1.165, 1.54) is 0 Å². The van der Waals surface area contributed by atoms with Gasteiger partial charge in [-0.25, -0.2) is 15.0 Å². The van der Waals surface area contributed by atoms with Crippen LogP contribution in [0.15, 0.2) is 36.9 Å². The van der Waals surface area contributed by atoms with Crippen LogP contribution in [0.3, 0.4) is 0 Å². The fraction of sp³-hybridized carbons (Fsp3) is 0.375. The molecule has 0 unspecified atom stereocenters. The van der Waals surface area contributed by atoms with Crippen molar-refractivity contribution in [1.29, 1.82) is 0 Å². The number of rotatable bonds is 7. The molecule has 1 atom stereocenters. The number of aromatic nitrogens is 6. The number of amides is 1. The summed E-state index contributed by atoms with van der Waals surface area (Å²) < 4.78 is 6.95. The van der Waals surface area contributed by atoms with E-state index in [1.54, 1.807) is 30.4 Å². The van der Waals surface area contributed by atoms with E-state index in [0.717, 1.165) is 48.3 Å². The maximum atomic E-state index is 13.0. The van der Waals surface area contributed by atoms with Gasteiger partial charge in [-0.1, -0.05) is 0 Å². The molecule has 188 valence electrons. The Morgan fingerprint density at radius 2 is 1.92 bits per heavy atom. The molecule has 1 saturated heterocycles. The summed E-state index contributed by atoms with van der Waals surface area (Å²) in [6.07, 6.45) is 7.04. The number of ether oxygens (including phenoxy) is 1. The molecule has 1 aliphatic rings. The zero-order valence-corrected chi connectivity index (χ0v) is 20.8. The second kappa shape index (κ2) is 9.91. The molecule has 0 aliphatic carbocycles. The zero-order valence-electron chi connectivity index (χ0n) is 20.8. The number of aryl methyl sites for hydroxylation is 1. The van der Waals surface area contributed by atoms with Gasteiger partial charge in [-0.3, -0.25) is 14.4 Å². The van der Waals surface area contributed by atoms with Crippen molar-refractivity contribution in [1.82, 2.24) is 39.5 Å². The van der Waals surface area contributed by atoms with Gasteiger partial charge in [-0.15, -0.1) is 5.10 Å². The highest BCUT2D eigenvalue weighted by atomic mass is 16.5. The monoisotopic (exact) mass is 490 g/mol. The Bertz CT molecular complexity index is 1370. The summed E-state index contributed by atoms with van der Waals surface area (Å²) in [7, 11) is 5.47. The van der Waals surface area contributed by atoms with Crippen LogP contribution in [0, 0.1) is 0 Å². The van der Waals surface area contributed by atoms with Crippen molar-refractivity contribution in [2.75, 3.05) is 51.0 Å². The second-order valence-electron chi connectivity index (χ2n) is 8.91. The van der Waals surface area contributed by atoms with Gasteiger partial charge in [0.15, 0.2) is 5.82 Å². The number of nitrogens with zero attached hydrogens (tertiary/aromatic N) is 7. The summed E-state index contributed by atoms with van der Waals surface area (Å²) in [6.45, 7) is 5.58. The highest BCUT2D eigenvalue weighted by Crippen LogP contribution is 2.31. The molecule has 4 aromatic heterocycles. The van der Waals surface area contributed by atoms with E-state index in [0.29, 0.717) is 23.3 Å². The van der Waals surface area contributed by atoms with Gasteiger partial charge in [0.05, 0.1) is 30.6 Å². The molecule has 0 saturated carbocycles. The van der Waals surface area contributed by atoms with Crippen molar-refractivity contribution >= 4 is 34.3 Å². The van der Waals surface area contributed by atoms with E-state index in [2.05, 4.69) is 52.5 Å². The first-order valence-electron chi connectivity index (χ1n) is 11.8. The van der Waals surface area contributed by atoms with Gasteiger partial charge in [-0.2, -0.15) is 0 Å². The molecular formula is C24H30N10O2. The average Bonchev–Trinajstić information content (AvgIpc) is 3.47. The minimum absolute atomic E-state index is 0.0744. The lowest BCUT2D eigenvalue weighted by Crippen LogP contribution is -2.51. The summed E-state index contributed by atoms with van der Waals surface area (Å²) >= 11 is 0. The molecule has 0 aromatic carbocycles. The highest BCUT2D eigenvalue weighted by molar-refractivity contribution is 6.05. The fourth-order valence-electron chi connectivity index (χ4n) is 4.35. The van der Waals surface area contributed by atoms with E-state index < -0.39 is 0 Å². The number of anilines is 3. The van der Waals surface area contributed by atoms with Crippen molar-refractivity contribution in [2.24, 2.45) is 7.05 Å². The Morgan fingerprint density at radius 3 is 2.69 bits per heavy atom. The van der Waals surface area contributed by atoms with Gasteiger partial charge in [0, 0.05) is 62.8 Å². The molecule has 0 radical (unpaired) electrons. The van der Waals surface area contributed by atoms with Gasteiger partial charge < -0.3 is 25.3 Å². The molecule has 5 heterocycles. The number of nitrogens with one attached hydrogen (secondary N) is 3.